The Labute approximate surface area is 286 Å². The van der Waals surface area contributed by atoms with Gasteiger partial charge in [0.25, 0.3) is 5.91 Å². The average Bonchev–Trinajstić information content (AvgIpc) is 3.40. The Kier molecular flexibility index (Phi) is 10.7. The predicted molar refractivity (Wildman–Crippen MR) is 186 cm³/mol. The zero-order valence-corrected chi connectivity index (χ0v) is 29.5. The molecule has 0 spiro atoms. The van der Waals surface area contributed by atoms with E-state index in [1.54, 1.807) is 34.6 Å². The number of rotatable bonds is 11. The van der Waals surface area contributed by atoms with Crippen molar-refractivity contribution < 1.29 is 14.3 Å². The van der Waals surface area contributed by atoms with Crippen molar-refractivity contribution in [2.24, 2.45) is 0 Å². The van der Waals surface area contributed by atoms with E-state index >= 15 is 0 Å². The van der Waals surface area contributed by atoms with E-state index < -0.39 is 6.04 Å². The number of thioether (sulfide) groups is 1. The summed E-state index contributed by atoms with van der Waals surface area (Å²) in [6.07, 6.45) is 0.984. The number of halogens is 3. The number of allylic oxidation sites excluding steroid dienone is 1. The normalized spacial score (nSPS) is 14.2. The summed E-state index contributed by atoms with van der Waals surface area (Å²) in [7, 11) is 0. The van der Waals surface area contributed by atoms with Crippen LogP contribution in [0.1, 0.15) is 55.5 Å². The minimum atomic E-state index is -0.614. The number of ether oxygens (including phenoxy) is 2. The van der Waals surface area contributed by atoms with Gasteiger partial charge in [0, 0.05) is 32.7 Å². The highest BCUT2D eigenvalue weighted by Gasteiger charge is 2.35. The molecule has 5 rings (SSSR count). The summed E-state index contributed by atoms with van der Waals surface area (Å²) in [6, 6.07) is 14.4. The molecule has 1 aliphatic rings. The lowest BCUT2D eigenvalue weighted by molar-refractivity contribution is -0.113. The van der Waals surface area contributed by atoms with Crippen molar-refractivity contribution in [3.8, 4) is 11.5 Å². The van der Waals surface area contributed by atoms with Gasteiger partial charge in [0.05, 0.1) is 16.7 Å². The lowest BCUT2D eigenvalue weighted by Crippen LogP contribution is -2.31. The molecule has 1 aliphatic heterocycles. The summed E-state index contributed by atoms with van der Waals surface area (Å²) in [6.45, 7) is 10.4. The second-order valence-corrected chi connectivity index (χ2v) is 13.3. The standard InChI is InChI=1S/C33H34BrCl2N5O3S/c1-6-14-45-33-39-32-37-20(5)28(31(42)38-26-13-8-10-18(3)19(26)4)29(41(32)40-33)21-15-23(34)30(27(16-21)43-7-2)44-17-22-24(35)11-9-12-25(22)36/h8-13,15-16,29H,6-7,14,17H2,1-5H3,(H,38,42)(H,37,39,40). The molecule has 236 valence electrons. The fourth-order valence-electron chi connectivity index (χ4n) is 5.03. The fourth-order valence-corrected chi connectivity index (χ4v) is 6.79. The summed E-state index contributed by atoms with van der Waals surface area (Å²) in [5, 5.41) is 13.0. The van der Waals surface area contributed by atoms with Gasteiger partial charge in [-0.05, 0) is 97.1 Å². The van der Waals surface area contributed by atoms with Crippen LogP contribution < -0.4 is 20.1 Å². The molecular formula is C33H34BrCl2N5O3S. The SMILES string of the molecule is CCCSc1nc2n(n1)C(c1cc(Br)c(OCc3c(Cl)cccc3Cl)c(OCC)c1)C(C(=O)Nc1cccc(C)c1C)=C(C)N2. The number of aromatic nitrogens is 3. The molecular weight excluding hydrogens is 697 g/mol. The number of amides is 1. The van der Waals surface area contributed by atoms with Gasteiger partial charge >= 0.3 is 0 Å². The van der Waals surface area contributed by atoms with Gasteiger partial charge in [-0.15, -0.1) is 5.10 Å². The number of nitrogens with one attached hydrogen (secondary N) is 2. The van der Waals surface area contributed by atoms with Gasteiger partial charge in [0.2, 0.25) is 11.1 Å². The summed E-state index contributed by atoms with van der Waals surface area (Å²) < 4.78 is 14.7. The van der Waals surface area contributed by atoms with E-state index in [4.69, 9.17) is 42.8 Å². The van der Waals surface area contributed by atoms with Gasteiger partial charge in [0.1, 0.15) is 12.6 Å². The van der Waals surface area contributed by atoms with Crippen molar-refractivity contribution in [2.45, 2.75) is 58.8 Å². The van der Waals surface area contributed by atoms with Crippen LogP contribution in [0.2, 0.25) is 10.0 Å². The van der Waals surface area contributed by atoms with Crippen LogP contribution >= 0.6 is 50.9 Å². The first-order valence-electron chi connectivity index (χ1n) is 14.6. The molecule has 2 heterocycles. The van der Waals surface area contributed by atoms with E-state index in [1.165, 1.54) is 0 Å². The molecule has 1 amide bonds. The number of carbonyl (C=O) groups is 1. The monoisotopic (exact) mass is 729 g/mol. The first-order valence-corrected chi connectivity index (χ1v) is 17.1. The van der Waals surface area contributed by atoms with E-state index in [0.29, 0.717) is 60.6 Å². The minimum absolute atomic E-state index is 0.137. The maximum Gasteiger partial charge on any atom is 0.255 e. The highest BCUT2D eigenvalue weighted by atomic mass is 79.9. The Morgan fingerprint density at radius 2 is 1.82 bits per heavy atom. The summed E-state index contributed by atoms with van der Waals surface area (Å²) >= 11 is 18.1. The number of fused-ring (bicyclic) bond motifs is 1. The van der Waals surface area contributed by atoms with Crippen molar-refractivity contribution in [3.05, 3.63) is 96.6 Å². The molecule has 0 aliphatic carbocycles. The average molecular weight is 732 g/mol. The Morgan fingerprint density at radius 1 is 1.09 bits per heavy atom. The molecule has 0 saturated carbocycles. The van der Waals surface area contributed by atoms with E-state index in [2.05, 4.69) is 33.5 Å². The van der Waals surface area contributed by atoms with Crippen molar-refractivity contribution in [3.63, 3.8) is 0 Å². The van der Waals surface area contributed by atoms with Crippen LogP contribution in [0.3, 0.4) is 0 Å². The summed E-state index contributed by atoms with van der Waals surface area (Å²) in [4.78, 5) is 18.9. The second kappa shape index (κ2) is 14.5. The third-order valence-electron chi connectivity index (χ3n) is 7.44. The van der Waals surface area contributed by atoms with Gasteiger partial charge in [-0.1, -0.05) is 60.1 Å². The first kappa shape index (κ1) is 33.2. The first-order chi connectivity index (χ1) is 21.6. The van der Waals surface area contributed by atoms with E-state index in [0.717, 1.165) is 34.6 Å². The smallest absolute Gasteiger partial charge is 0.255 e. The Balaban J connectivity index is 1.59. The van der Waals surface area contributed by atoms with Gasteiger partial charge in [-0.3, -0.25) is 4.79 Å². The van der Waals surface area contributed by atoms with E-state index in [9.17, 15) is 4.79 Å². The van der Waals surface area contributed by atoms with Gasteiger partial charge in [-0.25, -0.2) is 4.68 Å². The third kappa shape index (κ3) is 7.14. The molecule has 1 aromatic heterocycles. The summed E-state index contributed by atoms with van der Waals surface area (Å²) in [5.74, 6) is 2.18. The summed E-state index contributed by atoms with van der Waals surface area (Å²) in [5.41, 5.74) is 5.46. The number of aryl methyl sites for hydroxylation is 1. The minimum Gasteiger partial charge on any atom is -0.490 e. The van der Waals surface area contributed by atoms with Crippen LogP contribution in [-0.2, 0) is 11.4 Å². The second-order valence-electron chi connectivity index (χ2n) is 10.5. The van der Waals surface area contributed by atoms with Crippen molar-refractivity contribution >= 4 is 68.4 Å². The molecule has 4 aromatic rings. The van der Waals surface area contributed by atoms with Crippen LogP contribution in [0.4, 0.5) is 11.6 Å². The van der Waals surface area contributed by atoms with Crippen LogP contribution in [-0.4, -0.2) is 33.0 Å². The van der Waals surface area contributed by atoms with Gasteiger partial charge < -0.3 is 20.1 Å². The Bertz CT molecular complexity index is 1760. The number of hydrogen-bond donors (Lipinski definition) is 2. The Hall–Kier alpha value is -3.18. The van der Waals surface area contributed by atoms with Crippen molar-refractivity contribution in [1.82, 2.24) is 14.8 Å². The van der Waals surface area contributed by atoms with Gasteiger partial charge in [0.15, 0.2) is 11.5 Å². The quantitative estimate of drug-likeness (QED) is 0.149. The van der Waals surface area contributed by atoms with Crippen LogP contribution in [0.15, 0.2) is 69.4 Å². The van der Waals surface area contributed by atoms with E-state index in [-0.39, 0.29) is 12.5 Å². The topological polar surface area (TPSA) is 90.3 Å². The molecule has 0 fully saturated rings. The molecule has 1 atom stereocenters. The number of benzene rings is 3. The zero-order chi connectivity index (χ0) is 32.2. The molecule has 45 heavy (non-hydrogen) atoms. The number of nitrogens with zero attached hydrogens (tertiary/aromatic N) is 3. The molecule has 3 aromatic carbocycles. The zero-order valence-electron chi connectivity index (χ0n) is 25.6. The van der Waals surface area contributed by atoms with Crippen molar-refractivity contribution in [1.29, 1.82) is 0 Å². The van der Waals surface area contributed by atoms with Gasteiger partial charge in [-0.2, -0.15) is 4.98 Å². The maximum absolute atomic E-state index is 14.1. The number of hydrogen-bond acceptors (Lipinski definition) is 7. The van der Waals surface area contributed by atoms with Crippen LogP contribution in [0.25, 0.3) is 0 Å². The molecule has 0 saturated heterocycles. The van der Waals surface area contributed by atoms with Crippen LogP contribution in [0, 0.1) is 13.8 Å². The third-order valence-corrected chi connectivity index (χ3v) is 9.78. The van der Waals surface area contributed by atoms with Crippen molar-refractivity contribution in [2.75, 3.05) is 23.0 Å². The Morgan fingerprint density at radius 3 is 2.53 bits per heavy atom. The molecule has 12 heteroatoms. The molecule has 2 N–H and O–H groups in total. The molecule has 0 radical (unpaired) electrons. The fraction of sp³-hybridized carbons (Fsp3) is 0.303. The molecule has 0 bridgehead atoms. The number of carbonyl (C=O) groups excluding carboxylic acids is 1. The highest BCUT2D eigenvalue weighted by molar-refractivity contribution is 9.10. The largest absolute Gasteiger partial charge is 0.490 e. The lowest BCUT2D eigenvalue weighted by Gasteiger charge is -2.29. The van der Waals surface area contributed by atoms with E-state index in [1.807, 2.05) is 58.0 Å². The lowest BCUT2D eigenvalue weighted by atomic mass is 9.94. The molecule has 1 unspecified atom stereocenters. The number of anilines is 2. The van der Waals surface area contributed by atoms with Crippen LogP contribution in [0.5, 0.6) is 11.5 Å². The highest BCUT2D eigenvalue weighted by Crippen LogP contribution is 2.44. The predicted octanol–water partition coefficient (Wildman–Crippen LogP) is 9.37. The maximum atomic E-state index is 14.1. The molecule has 8 nitrogen and oxygen atoms in total.